The van der Waals surface area contributed by atoms with Crippen molar-refractivity contribution < 1.29 is 4.79 Å². The quantitative estimate of drug-likeness (QED) is 0.437. The summed E-state index contributed by atoms with van der Waals surface area (Å²) in [6, 6.07) is 0. The zero-order valence-corrected chi connectivity index (χ0v) is 4.11. The molecule has 0 saturated heterocycles. The van der Waals surface area contributed by atoms with Crippen molar-refractivity contribution in [3.8, 4) is 0 Å². The molecule has 0 spiro atoms. The summed E-state index contributed by atoms with van der Waals surface area (Å²) in [5.74, 6) is 2.44. The van der Waals surface area contributed by atoms with Crippen molar-refractivity contribution in [3.63, 3.8) is 0 Å². The maximum absolute atomic E-state index is 10.6. The number of hydrogen-bond donors (Lipinski definition) is 0. The number of carbonyl (C=O) groups is 1. The van der Waals surface area contributed by atoms with Gasteiger partial charge in [-0.25, -0.2) is 0 Å². The molecule has 0 N–H and O–H groups in total. The highest BCUT2D eigenvalue weighted by atomic mass is 16.1. The molecule has 0 aromatic rings. The number of rotatable bonds is 0. The average molecular weight is 95.1 g/mol. The highest BCUT2D eigenvalue weighted by Crippen LogP contribution is 2.51. The molecule has 1 radical (unpaired) electrons. The van der Waals surface area contributed by atoms with Crippen LogP contribution in [0.5, 0.6) is 0 Å². The van der Waals surface area contributed by atoms with Crippen LogP contribution >= 0.6 is 0 Å². The van der Waals surface area contributed by atoms with Crippen LogP contribution in [0.15, 0.2) is 0 Å². The van der Waals surface area contributed by atoms with E-state index in [1.165, 1.54) is 5.92 Å². The molecule has 37 valence electrons. The molecule has 2 saturated carbocycles. The van der Waals surface area contributed by atoms with Gasteiger partial charge < -0.3 is 0 Å². The Morgan fingerprint density at radius 3 is 2.57 bits per heavy atom. The van der Waals surface area contributed by atoms with Gasteiger partial charge in [-0.3, -0.25) is 4.79 Å². The molecule has 0 aromatic heterocycles. The largest absolute Gasteiger partial charge is 0.299 e. The van der Waals surface area contributed by atoms with Crippen LogP contribution in [0.2, 0.25) is 0 Å². The summed E-state index contributed by atoms with van der Waals surface area (Å²) in [5, 5.41) is 0. The molecule has 1 nitrogen and oxygen atoms in total. The monoisotopic (exact) mass is 95.0 g/mol. The van der Waals surface area contributed by atoms with Crippen molar-refractivity contribution in [1.82, 2.24) is 0 Å². The minimum Gasteiger partial charge on any atom is -0.299 e. The predicted octanol–water partition coefficient (Wildman–Crippen LogP) is 0.944. The van der Waals surface area contributed by atoms with Gasteiger partial charge in [0.15, 0.2) is 0 Å². The third-order valence-corrected chi connectivity index (χ3v) is 1.88. The molecule has 2 aliphatic carbocycles. The van der Waals surface area contributed by atoms with E-state index in [1.54, 1.807) is 0 Å². The van der Waals surface area contributed by atoms with Crippen LogP contribution < -0.4 is 0 Å². The van der Waals surface area contributed by atoms with Crippen LogP contribution in [0, 0.1) is 11.8 Å². The van der Waals surface area contributed by atoms with E-state index < -0.39 is 0 Å². The van der Waals surface area contributed by atoms with E-state index in [-0.39, 0.29) is 0 Å². The van der Waals surface area contributed by atoms with E-state index in [9.17, 15) is 4.79 Å². The fraction of sp³-hybridized carbons (Fsp3) is 0.667. The molecule has 1 heteroatoms. The predicted molar refractivity (Wildman–Crippen MR) is 25.6 cm³/mol. The average Bonchev–Trinajstić information content (AvgIpc) is 2.33. The minimum absolute atomic E-state index is 0.449. The Hall–Kier alpha value is -0.330. The Kier molecular flexibility index (Phi) is 0.473. The van der Waals surface area contributed by atoms with E-state index >= 15 is 0 Å². The number of Topliss-reactive ketones (excluding diaryl/α,β-unsaturated/α-hetero) is 1. The van der Waals surface area contributed by atoms with Crippen LogP contribution in [-0.2, 0) is 4.79 Å². The lowest BCUT2D eigenvalue weighted by atomic mass is 10.2. The first-order valence-electron chi connectivity index (χ1n) is 2.77. The van der Waals surface area contributed by atoms with Crippen LogP contribution in [-0.4, -0.2) is 5.78 Å². The summed E-state index contributed by atoms with van der Waals surface area (Å²) in [4.78, 5) is 10.6. The third-order valence-electron chi connectivity index (χ3n) is 1.88. The van der Waals surface area contributed by atoms with Gasteiger partial charge in [-0.1, -0.05) is 0 Å². The van der Waals surface area contributed by atoms with E-state index in [0.717, 1.165) is 25.2 Å². The van der Waals surface area contributed by atoms with Crippen molar-refractivity contribution in [2.75, 3.05) is 0 Å². The van der Waals surface area contributed by atoms with Gasteiger partial charge in [0.05, 0.1) is 0 Å². The number of hydrogen-bond acceptors (Lipinski definition) is 1. The molecule has 7 heavy (non-hydrogen) atoms. The lowest BCUT2D eigenvalue weighted by Crippen LogP contribution is -1.89. The summed E-state index contributed by atoms with van der Waals surface area (Å²) < 4.78 is 0. The van der Waals surface area contributed by atoms with Crippen LogP contribution in [0.4, 0.5) is 0 Å². The smallest absolute Gasteiger partial charge is 0.140 e. The summed E-state index contributed by atoms with van der Waals surface area (Å²) >= 11 is 0. The molecule has 0 aliphatic heterocycles. The van der Waals surface area contributed by atoms with Gasteiger partial charge in [0, 0.05) is 12.3 Å². The van der Waals surface area contributed by atoms with E-state index in [0.29, 0.717) is 5.78 Å². The highest BCUT2D eigenvalue weighted by Gasteiger charge is 2.47. The molecular formula is C6H7O. The maximum atomic E-state index is 10.6. The number of ketones is 1. The topological polar surface area (TPSA) is 17.1 Å². The molecule has 2 rings (SSSR count). The first kappa shape index (κ1) is 3.65. The fourth-order valence-electron chi connectivity index (χ4n) is 1.29. The van der Waals surface area contributed by atoms with E-state index in [1.807, 2.05) is 0 Å². The first-order valence-corrected chi connectivity index (χ1v) is 2.77. The standard InChI is InChI=1S/C6H7O/c7-6-2-1-4-3-5(4)6/h4H,1-3H2. The zero-order valence-electron chi connectivity index (χ0n) is 4.11. The molecule has 2 fully saturated rings. The Balaban J connectivity index is 2.21. The van der Waals surface area contributed by atoms with Gasteiger partial charge in [0.2, 0.25) is 0 Å². The highest BCUT2D eigenvalue weighted by molar-refractivity contribution is 5.98. The van der Waals surface area contributed by atoms with Gasteiger partial charge in [0.1, 0.15) is 5.78 Å². The SMILES string of the molecule is O=C1CCC2C[C]12. The summed E-state index contributed by atoms with van der Waals surface area (Å²) in [6.07, 6.45) is 3.15. The van der Waals surface area contributed by atoms with Crippen LogP contribution in [0.1, 0.15) is 19.3 Å². The summed E-state index contributed by atoms with van der Waals surface area (Å²) in [5.41, 5.74) is 0. The zero-order chi connectivity index (χ0) is 4.85. The molecule has 2 aliphatic rings. The van der Waals surface area contributed by atoms with E-state index in [4.69, 9.17) is 0 Å². The molecule has 1 unspecified atom stereocenters. The number of carbonyl (C=O) groups excluding carboxylic acids is 1. The Labute approximate surface area is 42.7 Å². The second kappa shape index (κ2) is 0.908. The maximum Gasteiger partial charge on any atom is 0.140 e. The second-order valence-corrected chi connectivity index (χ2v) is 2.39. The summed E-state index contributed by atoms with van der Waals surface area (Å²) in [7, 11) is 0. The third kappa shape index (κ3) is 0.355. The van der Waals surface area contributed by atoms with Crippen molar-refractivity contribution in [1.29, 1.82) is 0 Å². The van der Waals surface area contributed by atoms with Gasteiger partial charge >= 0.3 is 0 Å². The van der Waals surface area contributed by atoms with Gasteiger partial charge in [0.25, 0.3) is 0 Å². The van der Waals surface area contributed by atoms with Crippen molar-refractivity contribution >= 4 is 5.78 Å². The van der Waals surface area contributed by atoms with Crippen molar-refractivity contribution in [2.45, 2.75) is 19.3 Å². The van der Waals surface area contributed by atoms with Gasteiger partial charge in [-0.2, -0.15) is 0 Å². The lowest BCUT2D eigenvalue weighted by molar-refractivity contribution is -0.115. The molecule has 0 bridgehead atoms. The molecule has 0 aromatic carbocycles. The van der Waals surface area contributed by atoms with Crippen molar-refractivity contribution in [3.05, 3.63) is 5.92 Å². The second-order valence-electron chi connectivity index (χ2n) is 2.39. The molecule has 0 amide bonds. The first-order chi connectivity index (χ1) is 3.38. The number of fused-ring (bicyclic) bond motifs is 1. The lowest BCUT2D eigenvalue weighted by Gasteiger charge is -1.81. The van der Waals surface area contributed by atoms with Crippen LogP contribution in [0.3, 0.4) is 0 Å². The Morgan fingerprint density at radius 1 is 1.57 bits per heavy atom. The summed E-state index contributed by atoms with van der Waals surface area (Å²) in [6.45, 7) is 0. The minimum atomic E-state index is 0.449. The fourth-order valence-corrected chi connectivity index (χ4v) is 1.29. The molecule has 1 atom stereocenters. The van der Waals surface area contributed by atoms with Crippen LogP contribution in [0.25, 0.3) is 0 Å². The normalized spacial score (nSPS) is 38.9. The Bertz CT molecular complexity index is 117. The molecule has 0 heterocycles. The molecular weight excluding hydrogens is 88.1 g/mol. The van der Waals surface area contributed by atoms with E-state index in [2.05, 4.69) is 0 Å². The van der Waals surface area contributed by atoms with Gasteiger partial charge in [-0.15, -0.1) is 0 Å². The Morgan fingerprint density at radius 2 is 2.43 bits per heavy atom. The van der Waals surface area contributed by atoms with Gasteiger partial charge in [-0.05, 0) is 18.8 Å². The van der Waals surface area contributed by atoms with Crippen molar-refractivity contribution in [2.24, 2.45) is 5.92 Å².